The fourth-order valence-electron chi connectivity index (χ4n) is 2.58. The highest BCUT2D eigenvalue weighted by molar-refractivity contribution is 7.99. The van der Waals surface area contributed by atoms with E-state index < -0.39 is 5.97 Å². The standard InChI is InChI=1S/C20H19ClN4O3S/c1-3-28-19(27)13-7-6-8-14(11-13)22-17(26)12-29-20-24-23-18(25(20)2)15-9-4-5-10-16(15)21/h4-11H,3,12H2,1-2H3,(H,22,26). The Kier molecular flexibility index (Phi) is 6.90. The van der Waals surface area contributed by atoms with E-state index >= 15 is 0 Å². The molecule has 0 aliphatic carbocycles. The topological polar surface area (TPSA) is 86.1 Å². The first-order valence-corrected chi connectivity index (χ1v) is 10.2. The quantitative estimate of drug-likeness (QED) is 0.449. The van der Waals surface area contributed by atoms with Crippen LogP contribution in [0.2, 0.25) is 5.02 Å². The zero-order valence-electron chi connectivity index (χ0n) is 15.9. The van der Waals surface area contributed by atoms with Gasteiger partial charge in [0.25, 0.3) is 0 Å². The molecule has 1 aromatic heterocycles. The number of rotatable bonds is 7. The summed E-state index contributed by atoms with van der Waals surface area (Å²) in [5.74, 6) is 0.112. The lowest BCUT2D eigenvalue weighted by molar-refractivity contribution is -0.113. The van der Waals surface area contributed by atoms with Crippen molar-refractivity contribution in [3.05, 3.63) is 59.1 Å². The number of hydrogen-bond acceptors (Lipinski definition) is 6. The Balaban J connectivity index is 1.63. The van der Waals surface area contributed by atoms with Gasteiger partial charge in [-0.15, -0.1) is 10.2 Å². The highest BCUT2D eigenvalue weighted by Gasteiger charge is 2.15. The van der Waals surface area contributed by atoms with E-state index in [-0.39, 0.29) is 11.7 Å². The van der Waals surface area contributed by atoms with Gasteiger partial charge in [-0.3, -0.25) is 4.79 Å². The van der Waals surface area contributed by atoms with E-state index in [1.165, 1.54) is 11.8 Å². The first kappa shape index (κ1) is 20.9. The second-order valence-corrected chi connectivity index (χ2v) is 7.33. The Morgan fingerprint density at radius 3 is 2.72 bits per heavy atom. The summed E-state index contributed by atoms with van der Waals surface area (Å²) in [6.45, 7) is 2.03. The summed E-state index contributed by atoms with van der Waals surface area (Å²) in [5.41, 5.74) is 1.68. The minimum Gasteiger partial charge on any atom is -0.462 e. The molecule has 0 unspecified atom stereocenters. The first-order valence-electron chi connectivity index (χ1n) is 8.83. The van der Waals surface area contributed by atoms with Crippen LogP contribution in [-0.2, 0) is 16.6 Å². The molecule has 0 aliphatic rings. The molecule has 0 bridgehead atoms. The largest absolute Gasteiger partial charge is 0.462 e. The molecule has 0 saturated carbocycles. The fourth-order valence-corrected chi connectivity index (χ4v) is 3.51. The number of ether oxygens (including phenoxy) is 1. The van der Waals surface area contributed by atoms with Gasteiger partial charge in [0, 0.05) is 18.3 Å². The maximum Gasteiger partial charge on any atom is 0.338 e. The zero-order valence-corrected chi connectivity index (χ0v) is 17.5. The van der Waals surface area contributed by atoms with Crippen LogP contribution < -0.4 is 5.32 Å². The van der Waals surface area contributed by atoms with Crippen molar-refractivity contribution in [1.29, 1.82) is 0 Å². The molecular weight excluding hydrogens is 412 g/mol. The van der Waals surface area contributed by atoms with Gasteiger partial charge in [-0.1, -0.05) is 41.6 Å². The minimum absolute atomic E-state index is 0.137. The minimum atomic E-state index is -0.427. The SMILES string of the molecule is CCOC(=O)c1cccc(NC(=O)CSc2nnc(-c3ccccc3Cl)n2C)c1. The van der Waals surface area contributed by atoms with Crippen LogP contribution in [0, 0.1) is 0 Å². The first-order chi connectivity index (χ1) is 14.0. The van der Waals surface area contributed by atoms with E-state index in [0.29, 0.717) is 33.9 Å². The number of nitrogens with zero attached hydrogens (tertiary/aromatic N) is 3. The van der Waals surface area contributed by atoms with Gasteiger partial charge in [-0.05, 0) is 37.3 Å². The van der Waals surface area contributed by atoms with Gasteiger partial charge in [0.1, 0.15) is 0 Å². The van der Waals surface area contributed by atoms with Crippen molar-refractivity contribution in [2.45, 2.75) is 12.1 Å². The molecule has 0 aliphatic heterocycles. The molecule has 1 N–H and O–H groups in total. The van der Waals surface area contributed by atoms with Crippen LogP contribution in [0.15, 0.2) is 53.7 Å². The number of esters is 1. The fraction of sp³-hybridized carbons (Fsp3) is 0.200. The van der Waals surface area contributed by atoms with Gasteiger partial charge < -0.3 is 14.6 Å². The van der Waals surface area contributed by atoms with Crippen molar-refractivity contribution in [1.82, 2.24) is 14.8 Å². The summed E-state index contributed by atoms with van der Waals surface area (Å²) in [6, 6.07) is 14.0. The van der Waals surface area contributed by atoms with E-state index in [1.54, 1.807) is 41.8 Å². The molecule has 150 valence electrons. The number of nitrogens with one attached hydrogen (secondary N) is 1. The molecule has 0 spiro atoms. The van der Waals surface area contributed by atoms with Crippen LogP contribution in [0.3, 0.4) is 0 Å². The summed E-state index contributed by atoms with van der Waals surface area (Å²) in [4.78, 5) is 24.1. The van der Waals surface area contributed by atoms with Crippen molar-refractivity contribution < 1.29 is 14.3 Å². The Morgan fingerprint density at radius 2 is 1.97 bits per heavy atom. The van der Waals surface area contributed by atoms with Gasteiger partial charge in [-0.2, -0.15) is 0 Å². The summed E-state index contributed by atoms with van der Waals surface area (Å²) in [6.07, 6.45) is 0. The van der Waals surface area contributed by atoms with E-state index in [1.807, 2.05) is 25.2 Å². The van der Waals surface area contributed by atoms with Crippen LogP contribution in [-0.4, -0.2) is 39.0 Å². The van der Waals surface area contributed by atoms with E-state index in [2.05, 4.69) is 15.5 Å². The molecule has 2 aromatic carbocycles. The third-order valence-electron chi connectivity index (χ3n) is 3.94. The zero-order chi connectivity index (χ0) is 20.8. The number of hydrogen-bond donors (Lipinski definition) is 1. The number of carbonyl (C=O) groups is 2. The second-order valence-electron chi connectivity index (χ2n) is 5.98. The van der Waals surface area contributed by atoms with Crippen molar-refractivity contribution in [3.8, 4) is 11.4 Å². The van der Waals surface area contributed by atoms with E-state index in [9.17, 15) is 9.59 Å². The van der Waals surface area contributed by atoms with Gasteiger partial charge in [0.15, 0.2) is 11.0 Å². The highest BCUT2D eigenvalue weighted by atomic mass is 35.5. The molecule has 3 aromatic rings. The molecule has 29 heavy (non-hydrogen) atoms. The molecule has 0 saturated heterocycles. The van der Waals surface area contributed by atoms with Crippen molar-refractivity contribution in [2.24, 2.45) is 7.05 Å². The van der Waals surface area contributed by atoms with Crippen LogP contribution in [0.5, 0.6) is 0 Å². The lowest BCUT2D eigenvalue weighted by Crippen LogP contribution is -2.15. The number of aromatic nitrogens is 3. The molecule has 3 rings (SSSR count). The molecule has 1 amide bonds. The maximum atomic E-state index is 12.3. The third kappa shape index (κ3) is 5.16. The van der Waals surface area contributed by atoms with Gasteiger partial charge >= 0.3 is 5.97 Å². The average molecular weight is 431 g/mol. The van der Waals surface area contributed by atoms with E-state index in [4.69, 9.17) is 16.3 Å². The predicted octanol–water partition coefficient (Wildman–Crippen LogP) is 4.04. The summed E-state index contributed by atoms with van der Waals surface area (Å²) < 4.78 is 6.76. The normalized spacial score (nSPS) is 10.6. The number of halogens is 1. The van der Waals surface area contributed by atoms with Gasteiger partial charge in [-0.25, -0.2) is 4.79 Å². The van der Waals surface area contributed by atoms with Crippen molar-refractivity contribution in [3.63, 3.8) is 0 Å². The lowest BCUT2D eigenvalue weighted by Gasteiger charge is -2.08. The number of amides is 1. The number of benzene rings is 2. The Hall–Kier alpha value is -2.84. The van der Waals surface area contributed by atoms with Crippen LogP contribution in [0.1, 0.15) is 17.3 Å². The van der Waals surface area contributed by atoms with Crippen LogP contribution >= 0.6 is 23.4 Å². The maximum absolute atomic E-state index is 12.3. The molecule has 0 fully saturated rings. The molecule has 9 heteroatoms. The lowest BCUT2D eigenvalue weighted by atomic mass is 10.2. The number of anilines is 1. The average Bonchev–Trinajstić information content (AvgIpc) is 3.07. The van der Waals surface area contributed by atoms with Crippen LogP contribution in [0.4, 0.5) is 5.69 Å². The number of thioether (sulfide) groups is 1. The van der Waals surface area contributed by atoms with Crippen molar-refractivity contribution in [2.75, 3.05) is 17.7 Å². The van der Waals surface area contributed by atoms with E-state index in [0.717, 1.165) is 5.56 Å². The molecule has 0 radical (unpaired) electrons. The highest BCUT2D eigenvalue weighted by Crippen LogP contribution is 2.28. The second kappa shape index (κ2) is 9.58. The Morgan fingerprint density at radius 1 is 1.17 bits per heavy atom. The predicted molar refractivity (Wildman–Crippen MR) is 113 cm³/mol. The Labute approximate surface area is 177 Å². The summed E-state index contributed by atoms with van der Waals surface area (Å²) >= 11 is 7.48. The molecular formula is C20H19ClN4O3S. The summed E-state index contributed by atoms with van der Waals surface area (Å²) in [5, 5.41) is 12.3. The Bertz CT molecular complexity index is 1040. The van der Waals surface area contributed by atoms with Gasteiger partial charge in [0.2, 0.25) is 5.91 Å². The number of carbonyl (C=O) groups excluding carboxylic acids is 2. The monoisotopic (exact) mass is 430 g/mol. The smallest absolute Gasteiger partial charge is 0.338 e. The van der Waals surface area contributed by atoms with Crippen LogP contribution in [0.25, 0.3) is 11.4 Å². The van der Waals surface area contributed by atoms with Crippen molar-refractivity contribution >= 4 is 40.9 Å². The molecule has 0 atom stereocenters. The molecule has 1 heterocycles. The molecule has 7 nitrogen and oxygen atoms in total. The van der Waals surface area contributed by atoms with Gasteiger partial charge in [0.05, 0.1) is 22.9 Å². The summed E-state index contributed by atoms with van der Waals surface area (Å²) in [7, 11) is 1.82. The third-order valence-corrected chi connectivity index (χ3v) is 5.29.